The summed E-state index contributed by atoms with van der Waals surface area (Å²) in [7, 11) is 0. The lowest BCUT2D eigenvalue weighted by Gasteiger charge is -2.13. The highest BCUT2D eigenvalue weighted by Gasteiger charge is 2.07. The van der Waals surface area contributed by atoms with Crippen LogP contribution in [-0.4, -0.2) is 4.98 Å². The number of fused-ring (bicyclic) bond motifs is 1. The maximum Gasteiger partial charge on any atom is 0.0702 e. The molecule has 21 heavy (non-hydrogen) atoms. The minimum atomic E-state index is -0.00509. The lowest BCUT2D eigenvalue weighted by atomic mass is 10.1. The van der Waals surface area contributed by atoms with Gasteiger partial charge in [0.15, 0.2) is 0 Å². The first-order valence-electron chi connectivity index (χ1n) is 7.04. The quantitative estimate of drug-likeness (QED) is 0.674. The maximum absolute atomic E-state index is 6.22. The van der Waals surface area contributed by atoms with E-state index in [1.54, 1.807) is 0 Å². The molecule has 0 aliphatic heterocycles. The number of nitrogens with one attached hydrogen (secondary N) is 1. The number of rotatable bonds is 4. The Kier molecular flexibility index (Phi) is 4.07. The molecule has 3 rings (SSSR count). The lowest BCUT2D eigenvalue weighted by Crippen LogP contribution is -2.02. The fourth-order valence-electron chi connectivity index (χ4n) is 2.44. The van der Waals surface area contributed by atoms with Gasteiger partial charge in [-0.2, -0.15) is 0 Å². The average Bonchev–Trinajstić information content (AvgIpc) is 2.53. The van der Waals surface area contributed by atoms with Crippen molar-refractivity contribution in [2.24, 2.45) is 0 Å². The van der Waals surface area contributed by atoms with Crippen LogP contribution in [0.5, 0.6) is 0 Å². The molecular formula is C18H17ClN2. The van der Waals surface area contributed by atoms with Gasteiger partial charge in [-0.1, -0.05) is 30.3 Å². The van der Waals surface area contributed by atoms with E-state index < -0.39 is 0 Å². The molecule has 1 aromatic heterocycles. The van der Waals surface area contributed by atoms with Crippen LogP contribution in [0.25, 0.3) is 10.9 Å². The van der Waals surface area contributed by atoms with Crippen LogP contribution < -0.4 is 5.32 Å². The van der Waals surface area contributed by atoms with Crippen LogP contribution in [0, 0.1) is 0 Å². The van der Waals surface area contributed by atoms with Crippen molar-refractivity contribution in [2.45, 2.75) is 18.8 Å². The number of nitrogens with zero attached hydrogens (tertiary/aromatic N) is 1. The fourth-order valence-corrected chi connectivity index (χ4v) is 2.63. The van der Waals surface area contributed by atoms with E-state index in [2.05, 4.69) is 46.7 Å². The minimum absolute atomic E-state index is 0.00509. The van der Waals surface area contributed by atoms with Gasteiger partial charge < -0.3 is 5.32 Å². The maximum atomic E-state index is 6.22. The van der Waals surface area contributed by atoms with Gasteiger partial charge in [-0.25, -0.2) is 0 Å². The monoisotopic (exact) mass is 296 g/mol. The molecule has 0 saturated heterocycles. The third-order valence-corrected chi connectivity index (χ3v) is 3.77. The molecule has 0 aliphatic carbocycles. The Balaban J connectivity index is 1.80. The number of aromatic nitrogens is 1. The number of anilines is 1. The van der Waals surface area contributed by atoms with Crippen LogP contribution in [0.4, 0.5) is 5.69 Å². The minimum Gasteiger partial charge on any atom is -0.381 e. The summed E-state index contributed by atoms with van der Waals surface area (Å²) >= 11 is 6.22. The van der Waals surface area contributed by atoms with E-state index in [0.29, 0.717) is 0 Å². The van der Waals surface area contributed by atoms with E-state index in [4.69, 9.17) is 11.6 Å². The van der Waals surface area contributed by atoms with Crippen molar-refractivity contribution in [3.05, 3.63) is 71.9 Å². The van der Waals surface area contributed by atoms with Crippen molar-refractivity contribution < 1.29 is 0 Å². The molecule has 0 amide bonds. The first-order chi connectivity index (χ1) is 10.2. The topological polar surface area (TPSA) is 24.9 Å². The SMILES string of the molecule is CC(Cl)c1ccccc1NCc1ccc2ncccc2c1. The van der Waals surface area contributed by atoms with Crippen molar-refractivity contribution in [2.75, 3.05) is 5.32 Å². The Bertz CT molecular complexity index is 753. The van der Waals surface area contributed by atoms with Gasteiger partial charge in [0.2, 0.25) is 0 Å². The van der Waals surface area contributed by atoms with E-state index in [1.165, 1.54) is 5.56 Å². The summed E-state index contributed by atoms with van der Waals surface area (Å²) in [6.45, 7) is 2.76. The second-order valence-corrected chi connectivity index (χ2v) is 5.74. The van der Waals surface area contributed by atoms with Gasteiger partial charge in [-0.3, -0.25) is 4.98 Å². The number of hydrogen-bond donors (Lipinski definition) is 1. The molecule has 0 saturated carbocycles. The van der Waals surface area contributed by atoms with Crippen molar-refractivity contribution in [1.82, 2.24) is 4.98 Å². The number of hydrogen-bond acceptors (Lipinski definition) is 2. The molecule has 1 unspecified atom stereocenters. The summed E-state index contributed by atoms with van der Waals surface area (Å²) in [5, 5.41) is 4.63. The van der Waals surface area contributed by atoms with Gasteiger partial charge in [0.05, 0.1) is 10.9 Å². The average molecular weight is 297 g/mol. The molecule has 0 radical (unpaired) electrons. The van der Waals surface area contributed by atoms with Gasteiger partial charge in [0, 0.05) is 23.8 Å². The zero-order valence-electron chi connectivity index (χ0n) is 11.9. The molecule has 2 nitrogen and oxygen atoms in total. The Labute approximate surface area is 129 Å². The summed E-state index contributed by atoms with van der Waals surface area (Å²) in [4.78, 5) is 4.34. The zero-order valence-corrected chi connectivity index (χ0v) is 12.6. The Morgan fingerprint density at radius 2 is 1.95 bits per heavy atom. The van der Waals surface area contributed by atoms with Crippen LogP contribution in [-0.2, 0) is 6.54 Å². The van der Waals surface area contributed by atoms with Gasteiger partial charge in [0.25, 0.3) is 0 Å². The molecule has 1 N–H and O–H groups in total. The molecule has 0 aliphatic rings. The molecule has 3 heteroatoms. The molecule has 0 bridgehead atoms. The van der Waals surface area contributed by atoms with Gasteiger partial charge in [-0.15, -0.1) is 11.6 Å². The van der Waals surface area contributed by atoms with Crippen molar-refractivity contribution in [1.29, 1.82) is 0 Å². The number of alkyl halides is 1. The largest absolute Gasteiger partial charge is 0.381 e. The third kappa shape index (κ3) is 3.17. The Morgan fingerprint density at radius 1 is 1.10 bits per heavy atom. The summed E-state index contributed by atoms with van der Waals surface area (Å²) < 4.78 is 0. The molecule has 3 aromatic rings. The van der Waals surface area contributed by atoms with E-state index in [9.17, 15) is 0 Å². The predicted octanol–water partition coefficient (Wildman–Crippen LogP) is 5.15. The highest BCUT2D eigenvalue weighted by molar-refractivity contribution is 6.21. The number of para-hydroxylation sites is 1. The van der Waals surface area contributed by atoms with Gasteiger partial charge in [-0.05, 0) is 42.3 Å². The normalized spacial score (nSPS) is 12.3. The third-order valence-electron chi connectivity index (χ3n) is 3.54. The molecule has 2 aromatic carbocycles. The van der Waals surface area contributed by atoms with Crippen molar-refractivity contribution >= 4 is 28.2 Å². The highest BCUT2D eigenvalue weighted by atomic mass is 35.5. The van der Waals surface area contributed by atoms with Crippen LogP contribution in [0.2, 0.25) is 0 Å². The fraction of sp³-hybridized carbons (Fsp3) is 0.167. The summed E-state index contributed by atoms with van der Waals surface area (Å²) in [6.07, 6.45) is 1.82. The van der Waals surface area contributed by atoms with Crippen LogP contribution >= 0.6 is 11.6 Å². The van der Waals surface area contributed by atoms with E-state index in [0.717, 1.165) is 28.7 Å². The summed E-state index contributed by atoms with van der Waals surface area (Å²) in [5.74, 6) is 0. The Hall–Kier alpha value is -2.06. The molecule has 0 fully saturated rings. The van der Waals surface area contributed by atoms with Crippen molar-refractivity contribution in [3.63, 3.8) is 0 Å². The zero-order chi connectivity index (χ0) is 14.7. The van der Waals surface area contributed by atoms with Crippen LogP contribution in [0.3, 0.4) is 0 Å². The number of pyridine rings is 1. The Morgan fingerprint density at radius 3 is 2.81 bits per heavy atom. The van der Waals surface area contributed by atoms with Gasteiger partial charge in [0.1, 0.15) is 0 Å². The van der Waals surface area contributed by atoms with E-state index in [1.807, 2.05) is 31.3 Å². The van der Waals surface area contributed by atoms with Crippen molar-refractivity contribution in [3.8, 4) is 0 Å². The summed E-state index contributed by atoms with van der Waals surface area (Å²) in [6, 6.07) is 18.5. The molecule has 0 spiro atoms. The molecule has 1 heterocycles. The lowest BCUT2D eigenvalue weighted by molar-refractivity contribution is 1.06. The summed E-state index contributed by atoms with van der Waals surface area (Å²) in [5.41, 5.74) is 4.47. The second kappa shape index (κ2) is 6.15. The first kappa shape index (κ1) is 13.9. The molecule has 1 atom stereocenters. The molecular weight excluding hydrogens is 280 g/mol. The smallest absolute Gasteiger partial charge is 0.0702 e. The van der Waals surface area contributed by atoms with E-state index >= 15 is 0 Å². The predicted molar refractivity (Wildman–Crippen MR) is 89.8 cm³/mol. The second-order valence-electron chi connectivity index (χ2n) is 5.09. The van der Waals surface area contributed by atoms with Gasteiger partial charge >= 0.3 is 0 Å². The van der Waals surface area contributed by atoms with Crippen LogP contribution in [0.1, 0.15) is 23.4 Å². The number of halogens is 1. The van der Waals surface area contributed by atoms with Crippen LogP contribution in [0.15, 0.2) is 60.8 Å². The van der Waals surface area contributed by atoms with E-state index in [-0.39, 0.29) is 5.38 Å². The first-order valence-corrected chi connectivity index (χ1v) is 7.48. The number of benzene rings is 2. The highest BCUT2D eigenvalue weighted by Crippen LogP contribution is 2.27. The molecule has 106 valence electrons. The standard InChI is InChI=1S/C18H17ClN2/c1-13(19)16-6-2-3-7-18(16)21-12-14-8-9-17-15(11-14)5-4-10-20-17/h2-11,13,21H,12H2,1H3.